The van der Waals surface area contributed by atoms with Crippen LogP contribution in [0, 0.1) is 72.1 Å². The number of rotatable bonds is 4. The molecule has 0 saturated carbocycles. The van der Waals surface area contributed by atoms with Crippen molar-refractivity contribution in [2.45, 2.75) is 24.7 Å². The topological polar surface area (TPSA) is 38.9 Å². The number of hydrogen-bond donors (Lipinski definition) is 0. The molecule has 7 aromatic rings. The molecule has 2 unspecified atom stereocenters. The number of nitrogens with zero attached hydrogens (tertiary/aromatic N) is 2. The molecule has 0 saturated heterocycles. The Morgan fingerprint density at radius 1 is 0.404 bits per heavy atom. The second kappa shape index (κ2) is 13.9. The first-order chi connectivity index (χ1) is 27.9. The third kappa shape index (κ3) is 5.87. The van der Waals surface area contributed by atoms with E-state index in [9.17, 15) is 0 Å². The van der Waals surface area contributed by atoms with Crippen LogP contribution < -0.4 is 0 Å². The lowest BCUT2D eigenvalue weighted by molar-refractivity contribution is 0.584. The zero-order valence-electron chi connectivity index (χ0n) is 31.2. The van der Waals surface area contributed by atoms with E-state index in [0.29, 0.717) is 11.8 Å². The Bertz CT molecular complexity index is 2930. The van der Waals surface area contributed by atoms with Crippen LogP contribution in [0.4, 0.5) is 0 Å². The summed E-state index contributed by atoms with van der Waals surface area (Å²) in [6, 6.07) is 46.3. The van der Waals surface area contributed by atoms with Gasteiger partial charge >= 0.3 is 0 Å². The molecule has 9 rings (SSSR count). The lowest BCUT2D eigenvalue weighted by Crippen LogP contribution is -2.18. The molecule has 2 aliphatic carbocycles. The highest BCUT2D eigenvalue weighted by molar-refractivity contribution is 5.87. The van der Waals surface area contributed by atoms with Crippen LogP contribution in [0.5, 0.6) is 0 Å². The normalized spacial score (nSPS) is 16.1. The first kappa shape index (κ1) is 34.6. The van der Waals surface area contributed by atoms with Crippen LogP contribution in [0.2, 0.25) is 0 Å². The summed E-state index contributed by atoms with van der Waals surface area (Å²) in [5.41, 5.74) is 14.3. The van der Waals surface area contributed by atoms with Crippen LogP contribution in [-0.4, -0.2) is 10.2 Å². The van der Waals surface area contributed by atoms with Crippen LogP contribution in [0.3, 0.4) is 0 Å². The molecule has 0 spiro atoms. The van der Waals surface area contributed by atoms with Gasteiger partial charge < -0.3 is 4.42 Å². The molecule has 0 fully saturated rings. The standard InChI is InChI=1S/C54H30N2O/c1-5-7-9-15-33-53(3)47-19-13-11-17-43(47)45-31-29-41(35-49(45)53)37-21-25-39(26-22-37)51-55-56-52(57-51)40-27-23-38(24-28-40)42-30-32-46-44-18-12-14-20-48(44)54(4,50(46)36-42)34-16-10-8-6-2/h1-2,11-14,17-32,35-36H,3-4H3. The molecule has 0 amide bonds. The van der Waals surface area contributed by atoms with Gasteiger partial charge in [0.05, 0.1) is 10.8 Å². The average molecular weight is 723 g/mol. The summed E-state index contributed by atoms with van der Waals surface area (Å²) >= 11 is 0. The summed E-state index contributed by atoms with van der Waals surface area (Å²) in [6.45, 7) is 4.30. The molecule has 0 radical (unpaired) electrons. The van der Waals surface area contributed by atoms with Gasteiger partial charge in [-0.2, -0.15) is 0 Å². The van der Waals surface area contributed by atoms with E-state index < -0.39 is 10.8 Å². The van der Waals surface area contributed by atoms with Gasteiger partial charge in [0.1, 0.15) is 0 Å². The van der Waals surface area contributed by atoms with E-state index in [1.54, 1.807) is 0 Å². The van der Waals surface area contributed by atoms with Gasteiger partial charge in [0.15, 0.2) is 0 Å². The Morgan fingerprint density at radius 3 is 1.19 bits per heavy atom. The van der Waals surface area contributed by atoms with Crippen molar-refractivity contribution < 1.29 is 4.42 Å². The maximum absolute atomic E-state index is 6.20. The number of terminal acetylenes is 2. The highest BCUT2D eigenvalue weighted by atomic mass is 16.4. The molecule has 0 aliphatic heterocycles. The minimum Gasteiger partial charge on any atom is -0.416 e. The predicted octanol–water partition coefficient (Wildman–Crippen LogP) is 10.6. The maximum atomic E-state index is 6.20. The van der Waals surface area contributed by atoms with Gasteiger partial charge in [0.25, 0.3) is 0 Å². The minimum atomic E-state index is -0.521. The zero-order chi connectivity index (χ0) is 39.0. The van der Waals surface area contributed by atoms with E-state index >= 15 is 0 Å². The molecular weight excluding hydrogens is 693 g/mol. The molecular formula is C54H30N2O. The summed E-state index contributed by atoms with van der Waals surface area (Å²) in [4.78, 5) is 0. The third-order valence-corrected chi connectivity index (χ3v) is 11.0. The van der Waals surface area contributed by atoms with Crippen LogP contribution in [0.15, 0.2) is 138 Å². The number of hydrogen-bond acceptors (Lipinski definition) is 3. The molecule has 0 bridgehead atoms. The summed E-state index contributed by atoms with van der Waals surface area (Å²) in [7, 11) is 0. The minimum absolute atomic E-state index is 0.450. The number of benzene rings is 6. The van der Waals surface area contributed by atoms with E-state index in [0.717, 1.165) is 55.6 Å². The predicted molar refractivity (Wildman–Crippen MR) is 229 cm³/mol. The fraction of sp³-hybridized carbons (Fsp3) is 0.0741. The van der Waals surface area contributed by atoms with Crippen molar-refractivity contribution >= 4 is 0 Å². The van der Waals surface area contributed by atoms with Crippen molar-refractivity contribution in [3.05, 3.63) is 156 Å². The Morgan fingerprint density at radius 2 is 0.772 bits per heavy atom. The van der Waals surface area contributed by atoms with E-state index in [2.05, 4.69) is 192 Å². The molecule has 3 heteroatoms. The molecule has 2 aliphatic rings. The second-order valence-corrected chi connectivity index (χ2v) is 14.2. The zero-order valence-corrected chi connectivity index (χ0v) is 31.2. The van der Waals surface area contributed by atoms with Gasteiger partial charge in [-0.25, -0.2) is 0 Å². The first-order valence-electron chi connectivity index (χ1n) is 18.4. The van der Waals surface area contributed by atoms with Crippen LogP contribution in [0.25, 0.3) is 67.4 Å². The fourth-order valence-electron chi connectivity index (χ4n) is 8.13. The van der Waals surface area contributed by atoms with Crippen molar-refractivity contribution in [3.8, 4) is 139 Å². The monoisotopic (exact) mass is 722 g/mol. The fourth-order valence-corrected chi connectivity index (χ4v) is 8.13. The molecule has 2 atom stereocenters. The molecule has 1 heterocycles. The quantitative estimate of drug-likeness (QED) is 0.170. The Hall–Kier alpha value is -8.18. The lowest BCUT2D eigenvalue weighted by Gasteiger charge is -2.21. The van der Waals surface area contributed by atoms with E-state index in [1.807, 2.05) is 24.3 Å². The van der Waals surface area contributed by atoms with Gasteiger partial charge in [-0.15, -0.1) is 23.0 Å². The van der Waals surface area contributed by atoms with Gasteiger partial charge in [0, 0.05) is 11.1 Å². The molecule has 57 heavy (non-hydrogen) atoms. The van der Waals surface area contributed by atoms with Gasteiger partial charge in [-0.3, -0.25) is 0 Å². The summed E-state index contributed by atoms with van der Waals surface area (Å²) < 4.78 is 6.20. The largest absolute Gasteiger partial charge is 0.416 e. The Kier molecular flexibility index (Phi) is 8.44. The van der Waals surface area contributed by atoms with Crippen LogP contribution in [-0.2, 0) is 10.8 Å². The van der Waals surface area contributed by atoms with Crippen molar-refractivity contribution in [2.24, 2.45) is 0 Å². The molecule has 262 valence electrons. The number of aromatic nitrogens is 2. The third-order valence-electron chi connectivity index (χ3n) is 11.0. The Labute approximate surface area is 333 Å². The van der Waals surface area contributed by atoms with Gasteiger partial charge in [-0.05, 0) is 164 Å². The van der Waals surface area contributed by atoms with E-state index in [-0.39, 0.29) is 0 Å². The number of fused-ring (bicyclic) bond motifs is 6. The van der Waals surface area contributed by atoms with Crippen LogP contribution >= 0.6 is 0 Å². The van der Waals surface area contributed by atoms with Crippen molar-refractivity contribution in [1.82, 2.24) is 10.2 Å². The van der Waals surface area contributed by atoms with E-state index in [1.165, 1.54) is 22.3 Å². The summed E-state index contributed by atoms with van der Waals surface area (Å²) in [5.74, 6) is 29.2. The second-order valence-electron chi connectivity index (χ2n) is 14.2. The van der Waals surface area contributed by atoms with Gasteiger partial charge in [-0.1, -0.05) is 109 Å². The van der Waals surface area contributed by atoms with E-state index in [4.69, 9.17) is 17.3 Å². The summed E-state index contributed by atoms with van der Waals surface area (Å²) in [5, 5.41) is 8.80. The van der Waals surface area contributed by atoms with Crippen molar-refractivity contribution in [3.63, 3.8) is 0 Å². The van der Waals surface area contributed by atoms with Gasteiger partial charge in [0.2, 0.25) is 11.8 Å². The highest BCUT2D eigenvalue weighted by Gasteiger charge is 2.39. The van der Waals surface area contributed by atoms with Crippen molar-refractivity contribution in [2.75, 3.05) is 0 Å². The molecule has 1 aromatic heterocycles. The van der Waals surface area contributed by atoms with Crippen LogP contribution in [0.1, 0.15) is 36.1 Å². The average Bonchev–Trinajstić information content (AvgIpc) is 3.92. The Balaban J connectivity index is 0.960. The highest BCUT2D eigenvalue weighted by Crippen LogP contribution is 2.51. The molecule has 0 N–H and O–H groups in total. The molecule has 6 aromatic carbocycles. The smallest absolute Gasteiger partial charge is 0.248 e. The summed E-state index contributed by atoms with van der Waals surface area (Å²) in [6.07, 6.45) is 10.6. The SMILES string of the molecule is C#CC#CC#CC1(C)c2ccccc2-c2ccc(-c3ccc(-c4nnc(-c5ccc(-c6ccc7c(c6)C(C)(C#CC#CC#C)c6ccccc6-7)cc5)o4)cc3)cc21. The molecule has 3 nitrogen and oxygen atoms in total. The first-order valence-corrected chi connectivity index (χ1v) is 18.4. The van der Waals surface area contributed by atoms with Crippen molar-refractivity contribution in [1.29, 1.82) is 0 Å². The maximum Gasteiger partial charge on any atom is 0.248 e. The lowest BCUT2D eigenvalue weighted by atomic mass is 9.80.